The summed E-state index contributed by atoms with van der Waals surface area (Å²) in [5, 5.41) is 4.11. The fraction of sp³-hybridized carbons (Fsp3) is 0.0172. The van der Waals surface area contributed by atoms with Gasteiger partial charge in [0.15, 0.2) is 17.5 Å². The molecule has 63 heavy (non-hydrogen) atoms. The van der Waals surface area contributed by atoms with E-state index in [9.17, 15) is 0 Å². The first-order valence-corrected chi connectivity index (χ1v) is 21.3. The zero-order valence-corrected chi connectivity index (χ0v) is 33.7. The summed E-state index contributed by atoms with van der Waals surface area (Å²) in [5.41, 5.74) is 17.1. The van der Waals surface area contributed by atoms with Crippen LogP contribution in [-0.4, -0.2) is 15.0 Å². The van der Waals surface area contributed by atoms with Crippen molar-refractivity contribution in [1.29, 1.82) is 0 Å². The van der Waals surface area contributed by atoms with Gasteiger partial charge in [-0.05, 0) is 86.0 Å². The third-order valence-electron chi connectivity index (χ3n) is 13.4. The summed E-state index contributed by atoms with van der Waals surface area (Å²) in [5.74, 6) is 1.59. The Labute approximate surface area is 361 Å². The maximum Gasteiger partial charge on any atom is 0.167 e. The van der Waals surface area contributed by atoms with Gasteiger partial charge >= 0.3 is 0 Å². The van der Waals surface area contributed by atoms with Crippen LogP contribution in [0.5, 0.6) is 0 Å². The molecule has 292 valence electrons. The Kier molecular flexibility index (Phi) is 6.97. The first-order valence-electron chi connectivity index (χ1n) is 21.3. The van der Waals surface area contributed by atoms with Crippen LogP contribution in [0.1, 0.15) is 22.3 Å². The summed E-state index contributed by atoms with van der Waals surface area (Å²) in [6, 6.07) is 71.1. The third kappa shape index (κ3) is 4.68. The number of aromatic nitrogens is 3. The van der Waals surface area contributed by atoms with Gasteiger partial charge in [0, 0.05) is 27.1 Å². The van der Waals surface area contributed by atoms with Crippen molar-refractivity contribution < 1.29 is 8.83 Å². The Morgan fingerprint density at radius 2 is 0.667 bits per heavy atom. The molecule has 5 nitrogen and oxygen atoms in total. The second-order valence-corrected chi connectivity index (χ2v) is 16.6. The number of furan rings is 2. The molecule has 3 heterocycles. The number of fused-ring (bicyclic) bond motifs is 18. The molecule has 0 unspecified atom stereocenters. The summed E-state index contributed by atoms with van der Waals surface area (Å²) in [4.78, 5) is 16.1. The molecule has 9 aromatic carbocycles. The maximum absolute atomic E-state index is 6.61. The minimum Gasteiger partial charge on any atom is -0.455 e. The molecule has 0 fully saturated rings. The van der Waals surface area contributed by atoms with Gasteiger partial charge in [-0.3, -0.25) is 0 Å². The van der Waals surface area contributed by atoms with Crippen LogP contribution in [0, 0.1) is 0 Å². The molecule has 0 saturated heterocycles. The minimum absolute atomic E-state index is 0.518. The standard InChI is InChI=1S/C58H33N3O2/c1-2-16-36-35(15-1)37-17-3-8-26-47(37)58(48-27-9-4-18-38(48)39-19-5-10-28-49(39)58)50-33-34(31-32-40(36)50)55-59-56(45-24-13-22-43-41-20-6-11-29-51(41)62-53(43)45)61-57(60-55)46-25-14-23-44-42-21-7-12-30-52(42)63-54(44)46/h1-33H. The highest BCUT2D eigenvalue weighted by molar-refractivity contribution is 6.10. The van der Waals surface area contributed by atoms with E-state index in [4.69, 9.17) is 23.8 Å². The van der Waals surface area contributed by atoms with E-state index >= 15 is 0 Å². The predicted octanol–water partition coefficient (Wildman–Crippen LogP) is 14.7. The van der Waals surface area contributed by atoms with Gasteiger partial charge in [0.25, 0.3) is 0 Å². The van der Waals surface area contributed by atoms with Crippen molar-refractivity contribution in [2.24, 2.45) is 0 Å². The summed E-state index contributed by atoms with van der Waals surface area (Å²) in [6.07, 6.45) is 0. The molecule has 0 aliphatic heterocycles. The van der Waals surface area contributed by atoms with Crippen molar-refractivity contribution in [3.8, 4) is 67.5 Å². The molecule has 5 heteroatoms. The highest BCUT2D eigenvalue weighted by Gasteiger charge is 2.49. The molecular weight excluding hydrogens is 771 g/mol. The molecule has 12 aromatic rings. The molecule has 1 spiro atoms. The van der Waals surface area contributed by atoms with Crippen molar-refractivity contribution in [2.75, 3.05) is 0 Å². The third-order valence-corrected chi connectivity index (χ3v) is 13.4. The van der Waals surface area contributed by atoms with Crippen LogP contribution >= 0.6 is 0 Å². The van der Waals surface area contributed by atoms with E-state index in [1.54, 1.807) is 0 Å². The van der Waals surface area contributed by atoms with Crippen LogP contribution < -0.4 is 0 Å². The van der Waals surface area contributed by atoms with Gasteiger partial charge in [-0.1, -0.05) is 170 Å². The molecule has 0 atom stereocenters. The van der Waals surface area contributed by atoms with E-state index in [0.29, 0.717) is 17.5 Å². The maximum atomic E-state index is 6.61. The highest BCUT2D eigenvalue weighted by Crippen LogP contribution is 2.61. The number of hydrogen-bond acceptors (Lipinski definition) is 5. The number of hydrogen-bond donors (Lipinski definition) is 0. The number of nitrogens with zero attached hydrogens (tertiary/aromatic N) is 3. The van der Waals surface area contributed by atoms with E-state index in [2.05, 4.69) is 152 Å². The van der Waals surface area contributed by atoms with Crippen LogP contribution in [0.2, 0.25) is 0 Å². The first kappa shape index (κ1) is 34.3. The summed E-state index contributed by atoms with van der Waals surface area (Å²) < 4.78 is 13.2. The lowest BCUT2D eigenvalue weighted by Crippen LogP contribution is -2.29. The lowest BCUT2D eigenvalue weighted by Gasteiger charge is -2.35. The Balaban J connectivity index is 1.09. The molecule has 0 amide bonds. The normalized spacial score (nSPS) is 13.2. The van der Waals surface area contributed by atoms with Gasteiger partial charge in [0.05, 0.1) is 16.5 Å². The quantitative estimate of drug-likeness (QED) is 0.178. The van der Waals surface area contributed by atoms with Gasteiger partial charge in [0.2, 0.25) is 0 Å². The Hall–Kier alpha value is -8.41. The molecule has 2 aliphatic carbocycles. The number of rotatable bonds is 3. The number of benzene rings is 9. The van der Waals surface area contributed by atoms with Crippen LogP contribution in [0.15, 0.2) is 209 Å². The lowest BCUT2D eigenvalue weighted by molar-refractivity contribution is 0.669. The Morgan fingerprint density at radius 1 is 0.286 bits per heavy atom. The molecule has 0 radical (unpaired) electrons. The van der Waals surface area contributed by atoms with E-state index in [-0.39, 0.29) is 0 Å². The molecule has 0 bridgehead atoms. The minimum atomic E-state index is -0.646. The van der Waals surface area contributed by atoms with Crippen LogP contribution in [0.3, 0.4) is 0 Å². The fourth-order valence-electron chi connectivity index (χ4n) is 10.8. The smallest absolute Gasteiger partial charge is 0.167 e. The molecule has 0 saturated carbocycles. The van der Waals surface area contributed by atoms with Gasteiger partial charge in [0.1, 0.15) is 22.3 Å². The summed E-state index contributed by atoms with van der Waals surface area (Å²) in [7, 11) is 0. The van der Waals surface area contributed by atoms with Gasteiger partial charge < -0.3 is 8.83 Å². The van der Waals surface area contributed by atoms with Crippen molar-refractivity contribution in [3.63, 3.8) is 0 Å². The molecular formula is C58H33N3O2. The molecule has 3 aromatic heterocycles. The summed E-state index contributed by atoms with van der Waals surface area (Å²) in [6.45, 7) is 0. The molecule has 2 aliphatic rings. The van der Waals surface area contributed by atoms with Crippen LogP contribution in [-0.2, 0) is 5.41 Å². The topological polar surface area (TPSA) is 65.0 Å². The van der Waals surface area contributed by atoms with Gasteiger partial charge in [-0.2, -0.15) is 0 Å². The average molecular weight is 804 g/mol. The summed E-state index contributed by atoms with van der Waals surface area (Å²) >= 11 is 0. The second kappa shape index (κ2) is 12.8. The zero-order chi connectivity index (χ0) is 41.2. The predicted molar refractivity (Wildman–Crippen MR) is 252 cm³/mol. The van der Waals surface area contributed by atoms with Crippen LogP contribution in [0.4, 0.5) is 0 Å². The van der Waals surface area contributed by atoms with E-state index < -0.39 is 5.41 Å². The molecule has 14 rings (SSSR count). The van der Waals surface area contributed by atoms with E-state index in [1.165, 1.54) is 55.6 Å². The SMILES string of the molecule is c1ccc2c(c1)-c1ccccc1C1(c3cc(-c4nc(-c5cccc6c5oc5ccccc56)nc(-c5cccc6c5oc5ccccc56)n4)ccc3-2)c2ccccc2-c2ccccc21. The van der Waals surface area contributed by atoms with Gasteiger partial charge in [-0.15, -0.1) is 0 Å². The van der Waals surface area contributed by atoms with Gasteiger partial charge in [-0.25, -0.2) is 15.0 Å². The van der Waals surface area contributed by atoms with Crippen molar-refractivity contribution >= 4 is 43.9 Å². The Bertz CT molecular complexity index is 3720. The lowest BCUT2D eigenvalue weighted by atomic mass is 9.65. The monoisotopic (exact) mass is 803 g/mol. The van der Waals surface area contributed by atoms with Crippen LogP contribution in [0.25, 0.3) is 111 Å². The highest BCUT2D eigenvalue weighted by atomic mass is 16.3. The fourth-order valence-corrected chi connectivity index (χ4v) is 10.8. The average Bonchev–Trinajstić information content (AvgIpc) is 4.00. The first-order chi connectivity index (χ1) is 31.2. The van der Waals surface area contributed by atoms with Crippen molar-refractivity contribution in [1.82, 2.24) is 15.0 Å². The Morgan fingerprint density at radius 3 is 1.19 bits per heavy atom. The van der Waals surface area contributed by atoms with E-state index in [1.807, 2.05) is 48.5 Å². The van der Waals surface area contributed by atoms with E-state index in [0.717, 1.165) is 60.6 Å². The van der Waals surface area contributed by atoms with Crippen molar-refractivity contribution in [2.45, 2.75) is 5.41 Å². The largest absolute Gasteiger partial charge is 0.455 e. The molecule has 0 N–H and O–H groups in total. The zero-order valence-electron chi connectivity index (χ0n) is 33.7. The van der Waals surface area contributed by atoms with Crippen molar-refractivity contribution in [3.05, 3.63) is 222 Å². The second-order valence-electron chi connectivity index (χ2n) is 16.6. The number of para-hydroxylation sites is 4.